The highest BCUT2D eigenvalue weighted by molar-refractivity contribution is 5.86. The molecule has 1 amide bonds. The quantitative estimate of drug-likeness (QED) is 0.693. The van der Waals surface area contributed by atoms with E-state index in [0.717, 1.165) is 51.8 Å². The number of amides is 1. The van der Waals surface area contributed by atoms with Crippen molar-refractivity contribution in [1.82, 2.24) is 10.6 Å². The van der Waals surface area contributed by atoms with Crippen molar-refractivity contribution in [2.75, 3.05) is 26.8 Å². The maximum atomic E-state index is 12.7. The first-order chi connectivity index (χ1) is 10.5. The molecular formula is C17H33ClN2O3. The number of carbonyl (C=O) groups is 1. The van der Waals surface area contributed by atoms with E-state index in [9.17, 15) is 4.79 Å². The summed E-state index contributed by atoms with van der Waals surface area (Å²) in [6.07, 6.45) is 4.87. The molecule has 0 spiro atoms. The topological polar surface area (TPSA) is 59.6 Å². The minimum atomic E-state index is -0.657. The van der Waals surface area contributed by atoms with Crippen molar-refractivity contribution in [2.45, 2.75) is 70.6 Å². The van der Waals surface area contributed by atoms with Gasteiger partial charge in [0.15, 0.2) is 0 Å². The smallest absolute Gasteiger partial charge is 0.252 e. The molecule has 0 aromatic rings. The van der Waals surface area contributed by atoms with Gasteiger partial charge in [-0.05, 0) is 38.8 Å². The first kappa shape index (κ1) is 20.7. The molecule has 2 fully saturated rings. The standard InChI is InChI=1S/C17H32N2O3.ClH/c1-5-6-11-22-14-12-13(16(14,2)3)19-15(20)17(21-4)7-9-18-10-8-17;/h13-14,18H,5-12H2,1-4H3,(H,19,20);1H. The molecule has 2 aliphatic rings. The molecule has 0 aromatic carbocycles. The van der Waals surface area contributed by atoms with E-state index in [1.807, 2.05) is 0 Å². The number of rotatable bonds is 7. The van der Waals surface area contributed by atoms with Gasteiger partial charge in [0.05, 0.1) is 6.10 Å². The van der Waals surface area contributed by atoms with Crippen molar-refractivity contribution in [2.24, 2.45) is 5.41 Å². The van der Waals surface area contributed by atoms with Crippen LogP contribution in [0.1, 0.15) is 52.9 Å². The minimum Gasteiger partial charge on any atom is -0.378 e. The van der Waals surface area contributed by atoms with E-state index < -0.39 is 5.60 Å². The summed E-state index contributed by atoms with van der Waals surface area (Å²) in [6, 6.07) is 0.175. The lowest BCUT2D eigenvalue weighted by atomic mass is 9.64. The van der Waals surface area contributed by atoms with Gasteiger partial charge >= 0.3 is 0 Å². The summed E-state index contributed by atoms with van der Waals surface area (Å²) in [4.78, 5) is 12.7. The minimum absolute atomic E-state index is 0. The average molecular weight is 349 g/mol. The van der Waals surface area contributed by atoms with Crippen LogP contribution in [0.2, 0.25) is 0 Å². The van der Waals surface area contributed by atoms with Crippen molar-refractivity contribution in [1.29, 1.82) is 0 Å². The van der Waals surface area contributed by atoms with Gasteiger partial charge in [0, 0.05) is 25.2 Å². The molecule has 2 N–H and O–H groups in total. The van der Waals surface area contributed by atoms with Crippen molar-refractivity contribution < 1.29 is 14.3 Å². The molecule has 1 aliphatic heterocycles. The Morgan fingerprint density at radius 2 is 1.96 bits per heavy atom. The molecule has 136 valence electrons. The van der Waals surface area contributed by atoms with Crippen molar-refractivity contribution in [3.63, 3.8) is 0 Å². The highest BCUT2D eigenvalue weighted by atomic mass is 35.5. The number of nitrogens with one attached hydrogen (secondary N) is 2. The third kappa shape index (κ3) is 4.38. The maximum absolute atomic E-state index is 12.7. The van der Waals surface area contributed by atoms with E-state index >= 15 is 0 Å². The molecule has 5 nitrogen and oxygen atoms in total. The molecular weight excluding hydrogens is 316 g/mol. The monoisotopic (exact) mass is 348 g/mol. The normalized spacial score (nSPS) is 28.3. The third-order valence-corrected chi connectivity index (χ3v) is 5.52. The Kier molecular flexibility index (Phi) is 7.78. The van der Waals surface area contributed by atoms with Crippen molar-refractivity contribution in [3.05, 3.63) is 0 Å². The number of halogens is 1. The summed E-state index contributed by atoms with van der Waals surface area (Å²) < 4.78 is 11.6. The van der Waals surface area contributed by atoms with Crippen LogP contribution in [0.4, 0.5) is 0 Å². The van der Waals surface area contributed by atoms with Crippen LogP contribution in [-0.2, 0) is 14.3 Å². The lowest BCUT2D eigenvalue weighted by Gasteiger charge is -2.52. The highest BCUT2D eigenvalue weighted by Crippen LogP contribution is 2.43. The first-order valence-electron chi connectivity index (χ1n) is 8.64. The van der Waals surface area contributed by atoms with Crippen LogP contribution in [-0.4, -0.2) is 50.5 Å². The fraction of sp³-hybridized carbons (Fsp3) is 0.941. The van der Waals surface area contributed by atoms with Gasteiger partial charge < -0.3 is 20.1 Å². The number of carbonyl (C=O) groups excluding carboxylic acids is 1. The third-order valence-electron chi connectivity index (χ3n) is 5.52. The molecule has 2 unspecified atom stereocenters. The highest BCUT2D eigenvalue weighted by Gasteiger charge is 2.51. The van der Waals surface area contributed by atoms with Crippen molar-refractivity contribution in [3.8, 4) is 0 Å². The van der Waals surface area contributed by atoms with Gasteiger partial charge in [-0.15, -0.1) is 12.4 Å². The van der Waals surface area contributed by atoms with Crippen LogP contribution < -0.4 is 10.6 Å². The molecule has 1 aliphatic carbocycles. The van der Waals surface area contributed by atoms with E-state index in [1.165, 1.54) is 0 Å². The second-order valence-corrected chi connectivity index (χ2v) is 7.24. The summed E-state index contributed by atoms with van der Waals surface area (Å²) in [6.45, 7) is 9.01. The number of ether oxygens (including phenoxy) is 2. The van der Waals surface area contributed by atoms with E-state index in [-0.39, 0.29) is 35.9 Å². The summed E-state index contributed by atoms with van der Waals surface area (Å²) in [5.74, 6) is 0.0431. The molecule has 23 heavy (non-hydrogen) atoms. The summed E-state index contributed by atoms with van der Waals surface area (Å²) in [5, 5.41) is 6.50. The Balaban J connectivity index is 0.00000264. The predicted molar refractivity (Wildman–Crippen MR) is 94.1 cm³/mol. The molecule has 1 saturated heterocycles. The largest absolute Gasteiger partial charge is 0.378 e. The fourth-order valence-electron chi connectivity index (χ4n) is 3.43. The van der Waals surface area contributed by atoms with Crippen LogP contribution in [0.5, 0.6) is 0 Å². The fourth-order valence-corrected chi connectivity index (χ4v) is 3.43. The molecule has 2 atom stereocenters. The molecule has 6 heteroatoms. The molecule has 0 radical (unpaired) electrons. The predicted octanol–water partition coefficient (Wildman–Crippen LogP) is 2.28. The lowest BCUT2D eigenvalue weighted by molar-refractivity contribution is -0.158. The molecule has 2 rings (SSSR count). The zero-order valence-electron chi connectivity index (χ0n) is 14.9. The van der Waals surface area contributed by atoms with E-state index in [2.05, 4.69) is 31.4 Å². The average Bonchev–Trinajstić information content (AvgIpc) is 2.53. The Morgan fingerprint density at radius 3 is 2.48 bits per heavy atom. The summed E-state index contributed by atoms with van der Waals surface area (Å²) in [7, 11) is 1.65. The van der Waals surface area contributed by atoms with Crippen LogP contribution in [0.3, 0.4) is 0 Å². The van der Waals surface area contributed by atoms with Crippen LogP contribution >= 0.6 is 12.4 Å². The Labute approximate surface area is 146 Å². The number of methoxy groups -OCH3 is 1. The maximum Gasteiger partial charge on any atom is 0.252 e. The van der Waals surface area contributed by atoms with Crippen LogP contribution in [0, 0.1) is 5.41 Å². The van der Waals surface area contributed by atoms with Gasteiger partial charge in [-0.3, -0.25) is 4.79 Å². The van der Waals surface area contributed by atoms with Crippen LogP contribution in [0.15, 0.2) is 0 Å². The van der Waals surface area contributed by atoms with Gasteiger partial charge in [-0.2, -0.15) is 0 Å². The number of hydrogen-bond acceptors (Lipinski definition) is 4. The molecule has 0 bridgehead atoms. The van der Waals surface area contributed by atoms with E-state index in [1.54, 1.807) is 7.11 Å². The molecule has 1 saturated carbocycles. The summed E-state index contributed by atoms with van der Waals surface area (Å²) in [5.41, 5.74) is -0.666. The van der Waals surface area contributed by atoms with Gasteiger partial charge in [-0.25, -0.2) is 0 Å². The molecule has 0 aromatic heterocycles. The van der Waals surface area contributed by atoms with Gasteiger partial charge in [-0.1, -0.05) is 27.2 Å². The number of hydrogen-bond donors (Lipinski definition) is 2. The Bertz CT molecular complexity index is 384. The van der Waals surface area contributed by atoms with Gasteiger partial charge in [0.2, 0.25) is 0 Å². The number of piperidine rings is 1. The number of unbranched alkanes of at least 4 members (excludes halogenated alkanes) is 1. The van der Waals surface area contributed by atoms with E-state index in [0.29, 0.717) is 0 Å². The van der Waals surface area contributed by atoms with Crippen molar-refractivity contribution >= 4 is 18.3 Å². The second kappa shape index (κ2) is 8.65. The van der Waals surface area contributed by atoms with E-state index in [4.69, 9.17) is 9.47 Å². The zero-order chi connectivity index (χ0) is 16.2. The lowest BCUT2D eigenvalue weighted by Crippen LogP contribution is -2.65. The zero-order valence-corrected chi connectivity index (χ0v) is 15.8. The second-order valence-electron chi connectivity index (χ2n) is 7.24. The summed E-state index contributed by atoms with van der Waals surface area (Å²) >= 11 is 0. The Morgan fingerprint density at radius 1 is 1.30 bits per heavy atom. The SMILES string of the molecule is CCCCOC1CC(NC(=O)C2(OC)CCNCC2)C1(C)C.Cl. The van der Waals surface area contributed by atoms with Gasteiger partial charge in [0.25, 0.3) is 5.91 Å². The molecule has 1 heterocycles. The van der Waals surface area contributed by atoms with Gasteiger partial charge in [0.1, 0.15) is 5.60 Å². The Hall–Kier alpha value is -0.360. The first-order valence-corrected chi connectivity index (χ1v) is 8.64. The van der Waals surface area contributed by atoms with Crippen LogP contribution in [0.25, 0.3) is 0 Å².